The van der Waals surface area contributed by atoms with E-state index in [-0.39, 0.29) is 5.91 Å². The van der Waals surface area contributed by atoms with Gasteiger partial charge in [-0.1, -0.05) is 12.1 Å². The van der Waals surface area contributed by atoms with Gasteiger partial charge in [-0.2, -0.15) is 0 Å². The molecule has 0 aliphatic heterocycles. The number of amides is 1. The van der Waals surface area contributed by atoms with E-state index in [9.17, 15) is 4.79 Å². The second-order valence-corrected chi connectivity index (χ2v) is 6.66. The van der Waals surface area contributed by atoms with Gasteiger partial charge in [0, 0.05) is 30.5 Å². The molecule has 22 heavy (non-hydrogen) atoms. The number of nitrogens with zero attached hydrogens (tertiary/aromatic N) is 1. The van der Waals surface area contributed by atoms with E-state index in [1.54, 1.807) is 11.3 Å². The number of rotatable bonds is 8. The molecule has 0 spiro atoms. The second-order valence-electron chi connectivity index (χ2n) is 4.87. The number of thiazole rings is 1. The average molecular weight is 383 g/mol. The number of ether oxygens (including phenoxy) is 1. The molecule has 2 rings (SSSR count). The first-order valence-corrected chi connectivity index (χ1v) is 8.87. The molecule has 1 amide bonds. The van der Waals surface area contributed by atoms with Crippen molar-refractivity contribution in [2.45, 2.75) is 26.2 Å². The molecule has 0 saturated carbocycles. The molecule has 0 bridgehead atoms. The maximum Gasteiger partial charge on any atom is 0.220 e. The number of hydrogen-bond donors (Lipinski definition) is 1. The molecular formula is C16H19BrN2O2S. The zero-order valence-electron chi connectivity index (χ0n) is 12.5. The smallest absolute Gasteiger partial charge is 0.220 e. The summed E-state index contributed by atoms with van der Waals surface area (Å²) in [5, 5.41) is 6.00. The molecule has 2 aromatic rings. The van der Waals surface area contributed by atoms with Gasteiger partial charge in [-0.25, -0.2) is 4.98 Å². The largest absolute Gasteiger partial charge is 0.492 e. The van der Waals surface area contributed by atoms with Crippen LogP contribution in [0.25, 0.3) is 0 Å². The van der Waals surface area contributed by atoms with Gasteiger partial charge < -0.3 is 10.1 Å². The van der Waals surface area contributed by atoms with Gasteiger partial charge in [0.1, 0.15) is 5.75 Å². The van der Waals surface area contributed by atoms with Crippen molar-refractivity contribution in [1.29, 1.82) is 0 Å². The van der Waals surface area contributed by atoms with Crippen LogP contribution in [0, 0.1) is 6.92 Å². The van der Waals surface area contributed by atoms with Crippen molar-refractivity contribution in [1.82, 2.24) is 10.3 Å². The number of para-hydroxylation sites is 1. The van der Waals surface area contributed by atoms with Gasteiger partial charge in [0.05, 0.1) is 16.1 Å². The zero-order valence-corrected chi connectivity index (χ0v) is 14.9. The van der Waals surface area contributed by atoms with Gasteiger partial charge in [0.2, 0.25) is 5.91 Å². The van der Waals surface area contributed by atoms with Crippen LogP contribution in [0.4, 0.5) is 0 Å². The summed E-state index contributed by atoms with van der Waals surface area (Å²) in [5.41, 5.74) is 1.04. The molecule has 1 N–H and O–H groups in total. The number of hydrogen-bond acceptors (Lipinski definition) is 4. The van der Waals surface area contributed by atoms with Crippen LogP contribution in [0.1, 0.15) is 23.5 Å². The fourth-order valence-electron chi connectivity index (χ4n) is 1.89. The Kier molecular flexibility index (Phi) is 6.86. The molecule has 0 aliphatic rings. The maximum atomic E-state index is 11.7. The number of nitrogens with one attached hydrogen (secondary N) is 1. The average Bonchev–Trinajstić information content (AvgIpc) is 2.91. The lowest BCUT2D eigenvalue weighted by Crippen LogP contribution is -2.25. The summed E-state index contributed by atoms with van der Waals surface area (Å²) in [6.45, 7) is 3.14. The first kappa shape index (κ1) is 17.0. The molecule has 1 aromatic carbocycles. The van der Waals surface area contributed by atoms with Gasteiger partial charge in [-0.3, -0.25) is 4.79 Å². The third-order valence-corrected chi connectivity index (χ3v) is 4.65. The predicted molar refractivity (Wildman–Crippen MR) is 92.4 cm³/mol. The summed E-state index contributed by atoms with van der Waals surface area (Å²) in [6, 6.07) is 7.70. The van der Waals surface area contributed by atoms with E-state index in [2.05, 4.69) is 26.2 Å². The normalized spacial score (nSPS) is 10.5. The van der Waals surface area contributed by atoms with Crippen LogP contribution in [0.15, 0.2) is 34.1 Å². The number of aromatic nitrogens is 1. The Morgan fingerprint density at radius 2 is 2.23 bits per heavy atom. The molecule has 1 aromatic heterocycles. The van der Waals surface area contributed by atoms with Crippen molar-refractivity contribution in [3.63, 3.8) is 0 Å². The summed E-state index contributed by atoms with van der Waals surface area (Å²) >= 11 is 5.06. The Morgan fingerprint density at radius 1 is 1.41 bits per heavy atom. The van der Waals surface area contributed by atoms with Crippen LogP contribution in [0.5, 0.6) is 5.75 Å². The molecular weight excluding hydrogens is 364 g/mol. The van der Waals surface area contributed by atoms with Crippen molar-refractivity contribution >= 4 is 33.2 Å². The lowest BCUT2D eigenvalue weighted by atomic mass is 10.3. The van der Waals surface area contributed by atoms with E-state index in [1.807, 2.05) is 36.6 Å². The monoisotopic (exact) mass is 382 g/mol. The lowest BCUT2D eigenvalue weighted by Gasteiger charge is -2.08. The summed E-state index contributed by atoms with van der Waals surface area (Å²) in [6.07, 6.45) is 1.96. The standard InChI is InChI=1S/C16H19BrN2O2S/c1-12-11-22-16(19-12)8-9-18-15(20)7-4-10-21-14-6-3-2-5-13(14)17/h2-3,5-6,11H,4,7-10H2,1H3,(H,18,20). The van der Waals surface area contributed by atoms with Gasteiger partial charge in [0.25, 0.3) is 0 Å². The Labute approximate surface area is 143 Å². The van der Waals surface area contributed by atoms with Crippen LogP contribution in [-0.4, -0.2) is 24.0 Å². The van der Waals surface area contributed by atoms with E-state index in [0.29, 0.717) is 26.0 Å². The molecule has 0 fully saturated rings. The quantitative estimate of drug-likeness (QED) is 0.707. The van der Waals surface area contributed by atoms with E-state index in [0.717, 1.165) is 27.3 Å². The Morgan fingerprint density at radius 3 is 2.95 bits per heavy atom. The Hall–Kier alpha value is -1.40. The number of carbonyl (C=O) groups excluding carboxylic acids is 1. The van der Waals surface area contributed by atoms with Crippen molar-refractivity contribution in [2.24, 2.45) is 0 Å². The van der Waals surface area contributed by atoms with Crippen molar-refractivity contribution in [3.8, 4) is 5.75 Å². The number of carbonyl (C=O) groups is 1. The van der Waals surface area contributed by atoms with E-state index < -0.39 is 0 Å². The number of halogens is 1. The van der Waals surface area contributed by atoms with Crippen molar-refractivity contribution in [3.05, 3.63) is 44.8 Å². The minimum atomic E-state index is 0.0593. The Balaban J connectivity index is 1.57. The predicted octanol–water partition coefficient (Wildman–Crippen LogP) is 3.73. The summed E-state index contributed by atoms with van der Waals surface area (Å²) in [4.78, 5) is 16.1. The highest BCUT2D eigenvalue weighted by atomic mass is 79.9. The molecule has 0 saturated heterocycles. The van der Waals surface area contributed by atoms with Gasteiger partial charge in [0.15, 0.2) is 0 Å². The molecule has 0 atom stereocenters. The molecule has 0 radical (unpaired) electrons. The molecule has 6 heteroatoms. The number of aryl methyl sites for hydroxylation is 1. The zero-order chi connectivity index (χ0) is 15.8. The topological polar surface area (TPSA) is 51.2 Å². The van der Waals surface area contributed by atoms with Gasteiger partial charge >= 0.3 is 0 Å². The minimum absolute atomic E-state index is 0.0593. The minimum Gasteiger partial charge on any atom is -0.492 e. The van der Waals surface area contributed by atoms with Crippen molar-refractivity contribution in [2.75, 3.05) is 13.2 Å². The van der Waals surface area contributed by atoms with Gasteiger partial charge in [-0.05, 0) is 41.4 Å². The fraction of sp³-hybridized carbons (Fsp3) is 0.375. The van der Waals surface area contributed by atoms with Crippen LogP contribution < -0.4 is 10.1 Å². The number of benzene rings is 1. The van der Waals surface area contributed by atoms with Crippen LogP contribution in [-0.2, 0) is 11.2 Å². The van der Waals surface area contributed by atoms with Crippen LogP contribution in [0.3, 0.4) is 0 Å². The van der Waals surface area contributed by atoms with E-state index in [1.165, 1.54) is 0 Å². The highest BCUT2D eigenvalue weighted by Crippen LogP contribution is 2.23. The second kappa shape index (κ2) is 8.90. The Bertz CT molecular complexity index is 616. The third-order valence-electron chi connectivity index (χ3n) is 2.97. The summed E-state index contributed by atoms with van der Waals surface area (Å²) in [5.74, 6) is 0.867. The summed E-state index contributed by atoms with van der Waals surface area (Å²) in [7, 11) is 0. The molecule has 0 unspecified atom stereocenters. The fourth-order valence-corrected chi connectivity index (χ4v) is 3.07. The first-order chi connectivity index (χ1) is 10.6. The van der Waals surface area contributed by atoms with Gasteiger partial charge in [-0.15, -0.1) is 11.3 Å². The lowest BCUT2D eigenvalue weighted by molar-refractivity contribution is -0.121. The van der Waals surface area contributed by atoms with E-state index >= 15 is 0 Å². The van der Waals surface area contributed by atoms with E-state index in [4.69, 9.17) is 4.74 Å². The highest BCUT2D eigenvalue weighted by Gasteiger charge is 2.04. The molecule has 118 valence electrons. The van der Waals surface area contributed by atoms with Crippen LogP contribution in [0.2, 0.25) is 0 Å². The summed E-state index contributed by atoms with van der Waals surface area (Å²) < 4.78 is 6.56. The third kappa shape index (κ3) is 5.77. The molecule has 1 heterocycles. The SMILES string of the molecule is Cc1csc(CCNC(=O)CCCOc2ccccc2Br)n1. The van der Waals surface area contributed by atoms with Crippen LogP contribution >= 0.6 is 27.3 Å². The van der Waals surface area contributed by atoms with Crippen molar-refractivity contribution < 1.29 is 9.53 Å². The molecule has 0 aliphatic carbocycles. The maximum absolute atomic E-state index is 11.7. The highest BCUT2D eigenvalue weighted by molar-refractivity contribution is 9.10. The molecule has 4 nitrogen and oxygen atoms in total. The first-order valence-electron chi connectivity index (χ1n) is 7.20.